The van der Waals surface area contributed by atoms with Crippen molar-refractivity contribution in [2.75, 3.05) is 26.7 Å². The Kier molecular flexibility index (Phi) is 4.74. The standard InChI is InChI=1S/C12H24N2O2/c1-12(2,3)16-11(15)9-14-7-5-10(13-4)6-8-14/h10,13H,5-9H2,1-4H3. The van der Waals surface area contributed by atoms with E-state index in [1.807, 2.05) is 27.8 Å². The Labute approximate surface area is 98.3 Å². The molecule has 4 nitrogen and oxygen atoms in total. The molecule has 1 saturated heterocycles. The SMILES string of the molecule is CNC1CCN(CC(=O)OC(C)(C)C)CC1. The molecule has 4 heteroatoms. The molecule has 1 heterocycles. The van der Waals surface area contributed by atoms with E-state index < -0.39 is 0 Å². The average molecular weight is 228 g/mol. The molecule has 1 aliphatic heterocycles. The molecule has 0 amide bonds. The van der Waals surface area contributed by atoms with Gasteiger partial charge in [0.15, 0.2) is 0 Å². The van der Waals surface area contributed by atoms with Gasteiger partial charge in [0.05, 0.1) is 6.54 Å². The van der Waals surface area contributed by atoms with Crippen molar-refractivity contribution in [2.45, 2.75) is 45.3 Å². The molecule has 0 aromatic carbocycles. The lowest BCUT2D eigenvalue weighted by atomic mass is 10.1. The van der Waals surface area contributed by atoms with Crippen LogP contribution in [0.5, 0.6) is 0 Å². The predicted molar refractivity (Wildman–Crippen MR) is 64.4 cm³/mol. The molecule has 0 aromatic rings. The number of rotatable bonds is 3. The molecule has 0 aliphatic carbocycles. The van der Waals surface area contributed by atoms with Crippen molar-refractivity contribution in [3.8, 4) is 0 Å². The Morgan fingerprint density at radius 1 is 1.38 bits per heavy atom. The number of carbonyl (C=O) groups is 1. The monoisotopic (exact) mass is 228 g/mol. The summed E-state index contributed by atoms with van der Waals surface area (Å²) >= 11 is 0. The van der Waals surface area contributed by atoms with Crippen LogP contribution in [0.1, 0.15) is 33.6 Å². The van der Waals surface area contributed by atoms with Gasteiger partial charge in [0.2, 0.25) is 0 Å². The van der Waals surface area contributed by atoms with E-state index in [2.05, 4.69) is 10.2 Å². The number of esters is 1. The lowest BCUT2D eigenvalue weighted by Crippen LogP contribution is -2.44. The topological polar surface area (TPSA) is 41.6 Å². The fourth-order valence-corrected chi connectivity index (χ4v) is 1.94. The van der Waals surface area contributed by atoms with E-state index in [0.29, 0.717) is 12.6 Å². The van der Waals surface area contributed by atoms with Gasteiger partial charge in [-0.15, -0.1) is 0 Å². The summed E-state index contributed by atoms with van der Waals surface area (Å²) in [4.78, 5) is 13.8. The van der Waals surface area contributed by atoms with Crippen molar-refractivity contribution in [1.29, 1.82) is 0 Å². The van der Waals surface area contributed by atoms with E-state index in [4.69, 9.17) is 4.74 Å². The number of nitrogens with zero attached hydrogens (tertiary/aromatic N) is 1. The van der Waals surface area contributed by atoms with Crippen LogP contribution in [0.3, 0.4) is 0 Å². The van der Waals surface area contributed by atoms with Crippen molar-refractivity contribution in [3.05, 3.63) is 0 Å². The van der Waals surface area contributed by atoms with Gasteiger partial charge in [-0.3, -0.25) is 9.69 Å². The summed E-state index contributed by atoms with van der Waals surface area (Å²) in [6.45, 7) is 8.08. The molecule has 0 saturated carbocycles. The van der Waals surface area contributed by atoms with Gasteiger partial charge in [-0.2, -0.15) is 0 Å². The highest BCUT2D eigenvalue weighted by Crippen LogP contribution is 2.11. The fourth-order valence-electron chi connectivity index (χ4n) is 1.94. The van der Waals surface area contributed by atoms with E-state index in [9.17, 15) is 4.79 Å². The maximum absolute atomic E-state index is 11.6. The minimum Gasteiger partial charge on any atom is -0.459 e. The van der Waals surface area contributed by atoms with E-state index in [-0.39, 0.29) is 11.6 Å². The Hall–Kier alpha value is -0.610. The molecule has 0 bridgehead atoms. The fraction of sp³-hybridized carbons (Fsp3) is 0.917. The number of likely N-dealkylation sites (tertiary alicyclic amines) is 1. The van der Waals surface area contributed by atoms with Crippen LogP contribution in [-0.4, -0.2) is 49.2 Å². The Morgan fingerprint density at radius 2 is 1.94 bits per heavy atom. The largest absolute Gasteiger partial charge is 0.459 e. The highest BCUT2D eigenvalue weighted by Gasteiger charge is 2.22. The summed E-state index contributed by atoms with van der Waals surface area (Å²) < 4.78 is 5.30. The first-order valence-corrected chi connectivity index (χ1v) is 6.02. The molecule has 0 radical (unpaired) electrons. The van der Waals surface area contributed by atoms with Crippen molar-refractivity contribution in [2.24, 2.45) is 0 Å². The maximum atomic E-state index is 11.6. The van der Waals surface area contributed by atoms with E-state index >= 15 is 0 Å². The van der Waals surface area contributed by atoms with Crippen molar-refractivity contribution < 1.29 is 9.53 Å². The maximum Gasteiger partial charge on any atom is 0.320 e. The minimum atomic E-state index is -0.375. The van der Waals surface area contributed by atoms with Gasteiger partial charge in [-0.25, -0.2) is 0 Å². The minimum absolute atomic E-state index is 0.115. The van der Waals surface area contributed by atoms with Gasteiger partial charge < -0.3 is 10.1 Å². The molecule has 1 fully saturated rings. The second kappa shape index (κ2) is 5.64. The van der Waals surface area contributed by atoms with E-state index in [1.54, 1.807) is 0 Å². The second-order valence-electron chi connectivity index (χ2n) is 5.43. The van der Waals surface area contributed by atoms with Crippen LogP contribution in [0.2, 0.25) is 0 Å². The van der Waals surface area contributed by atoms with Gasteiger partial charge in [0.25, 0.3) is 0 Å². The third kappa shape index (κ3) is 4.94. The highest BCUT2D eigenvalue weighted by atomic mass is 16.6. The van der Waals surface area contributed by atoms with E-state index in [1.165, 1.54) is 0 Å². The molecule has 16 heavy (non-hydrogen) atoms. The zero-order valence-corrected chi connectivity index (χ0v) is 10.9. The number of ether oxygens (including phenoxy) is 1. The van der Waals surface area contributed by atoms with Crippen LogP contribution in [0, 0.1) is 0 Å². The molecule has 0 spiro atoms. The van der Waals surface area contributed by atoms with Crippen molar-refractivity contribution in [1.82, 2.24) is 10.2 Å². The van der Waals surface area contributed by atoms with Gasteiger partial charge in [0, 0.05) is 19.1 Å². The zero-order valence-electron chi connectivity index (χ0n) is 10.9. The lowest BCUT2D eigenvalue weighted by Gasteiger charge is -2.31. The first kappa shape index (κ1) is 13.5. The predicted octanol–water partition coefficient (Wildman–Crippen LogP) is 1.01. The molecular weight excluding hydrogens is 204 g/mol. The summed E-state index contributed by atoms with van der Waals surface area (Å²) in [5.41, 5.74) is -0.375. The number of hydrogen-bond acceptors (Lipinski definition) is 4. The van der Waals surface area contributed by atoms with Gasteiger partial charge in [-0.05, 0) is 40.7 Å². The lowest BCUT2D eigenvalue weighted by molar-refractivity contribution is -0.156. The third-order valence-corrected chi connectivity index (χ3v) is 2.77. The van der Waals surface area contributed by atoms with Crippen LogP contribution in [0.4, 0.5) is 0 Å². The Morgan fingerprint density at radius 3 is 2.38 bits per heavy atom. The Balaban J connectivity index is 2.26. The van der Waals surface area contributed by atoms with Gasteiger partial charge in [0.1, 0.15) is 5.60 Å². The smallest absolute Gasteiger partial charge is 0.320 e. The van der Waals surface area contributed by atoms with Gasteiger partial charge in [-0.1, -0.05) is 0 Å². The number of nitrogens with one attached hydrogen (secondary N) is 1. The van der Waals surface area contributed by atoms with Crippen LogP contribution in [0.15, 0.2) is 0 Å². The average Bonchev–Trinajstić information content (AvgIpc) is 2.16. The summed E-state index contributed by atoms with van der Waals surface area (Å²) in [6, 6.07) is 0.606. The first-order chi connectivity index (χ1) is 7.40. The van der Waals surface area contributed by atoms with Crippen LogP contribution < -0.4 is 5.32 Å². The van der Waals surface area contributed by atoms with Crippen molar-refractivity contribution >= 4 is 5.97 Å². The molecule has 0 aromatic heterocycles. The molecule has 1 aliphatic rings. The van der Waals surface area contributed by atoms with Gasteiger partial charge >= 0.3 is 5.97 Å². The molecule has 1 rings (SSSR count). The highest BCUT2D eigenvalue weighted by molar-refractivity contribution is 5.72. The molecule has 0 atom stereocenters. The quantitative estimate of drug-likeness (QED) is 0.732. The van der Waals surface area contributed by atoms with E-state index in [0.717, 1.165) is 25.9 Å². The first-order valence-electron chi connectivity index (χ1n) is 6.02. The Bertz CT molecular complexity index is 228. The van der Waals surface area contributed by atoms with Crippen LogP contribution in [0.25, 0.3) is 0 Å². The third-order valence-electron chi connectivity index (χ3n) is 2.77. The molecule has 1 N–H and O–H groups in total. The summed E-state index contributed by atoms with van der Waals surface area (Å²) in [5.74, 6) is -0.115. The summed E-state index contributed by atoms with van der Waals surface area (Å²) in [5, 5.41) is 3.27. The normalized spacial score (nSPS) is 19.8. The zero-order chi connectivity index (χ0) is 12.2. The van der Waals surface area contributed by atoms with Crippen LogP contribution >= 0.6 is 0 Å². The summed E-state index contributed by atoms with van der Waals surface area (Å²) in [6.07, 6.45) is 2.22. The second-order valence-corrected chi connectivity index (χ2v) is 5.43. The number of piperidine rings is 1. The van der Waals surface area contributed by atoms with Crippen LogP contribution in [-0.2, 0) is 9.53 Å². The molecule has 0 unspecified atom stereocenters. The number of carbonyl (C=O) groups excluding carboxylic acids is 1. The molecule has 94 valence electrons. The molecular formula is C12H24N2O2. The summed E-state index contributed by atoms with van der Waals surface area (Å²) in [7, 11) is 1.99. The van der Waals surface area contributed by atoms with Crippen molar-refractivity contribution in [3.63, 3.8) is 0 Å². The number of hydrogen-bond donors (Lipinski definition) is 1.